The number of carbonyl (C=O) groups is 1. The molecule has 7 heteroatoms. The van der Waals surface area contributed by atoms with Gasteiger partial charge in [-0.25, -0.2) is 4.98 Å². The number of fused-ring (bicyclic) bond motifs is 1. The maximum Gasteiger partial charge on any atom is 0.289 e. The van der Waals surface area contributed by atoms with Gasteiger partial charge in [0.05, 0.1) is 11.9 Å². The number of carbonyl (C=O) groups excluding carboxylic acids is 1. The molecule has 21 heavy (non-hydrogen) atoms. The molecular formula is C14H12N4O3. The number of rotatable bonds is 3. The predicted octanol–water partition coefficient (Wildman–Crippen LogP) is 1.18. The largest absolute Gasteiger partial charge is 0.451 e. The number of nitrogens with zero attached hydrogens (tertiary/aromatic N) is 3. The van der Waals surface area contributed by atoms with Crippen molar-refractivity contribution in [2.24, 2.45) is 0 Å². The van der Waals surface area contributed by atoms with Crippen molar-refractivity contribution in [2.75, 3.05) is 7.05 Å². The highest BCUT2D eigenvalue weighted by atomic mass is 16.3. The van der Waals surface area contributed by atoms with Gasteiger partial charge < -0.3 is 9.32 Å². The van der Waals surface area contributed by atoms with Crippen LogP contribution in [0.5, 0.6) is 0 Å². The van der Waals surface area contributed by atoms with E-state index >= 15 is 0 Å². The van der Waals surface area contributed by atoms with Crippen LogP contribution in [0.3, 0.4) is 0 Å². The van der Waals surface area contributed by atoms with E-state index in [1.165, 1.54) is 17.3 Å². The van der Waals surface area contributed by atoms with Crippen LogP contribution in [0, 0.1) is 0 Å². The van der Waals surface area contributed by atoms with E-state index in [0.29, 0.717) is 16.8 Å². The zero-order chi connectivity index (χ0) is 14.8. The normalized spacial score (nSPS) is 10.7. The molecule has 0 saturated carbocycles. The average molecular weight is 284 g/mol. The Morgan fingerprint density at radius 2 is 2.19 bits per heavy atom. The number of aromatic nitrogens is 3. The highest BCUT2D eigenvalue weighted by molar-refractivity contribution is 5.92. The van der Waals surface area contributed by atoms with Crippen LogP contribution >= 0.6 is 0 Å². The van der Waals surface area contributed by atoms with Crippen LogP contribution < -0.4 is 5.43 Å². The lowest BCUT2D eigenvalue weighted by Gasteiger charge is -2.14. The Morgan fingerprint density at radius 3 is 2.95 bits per heavy atom. The van der Waals surface area contributed by atoms with Crippen LogP contribution in [0.1, 0.15) is 16.4 Å². The van der Waals surface area contributed by atoms with Crippen molar-refractivity contribution in [2.45, 2.75) is 6.54 Å². The smallest absolute Gasteiger partial charge is 0.289 e. The van der Waals surface area contributed by atoms with Crippen molar-refractivity contribution >= 4 is 16.9 Å². The lowest BCUT2D eigenvalue weighted by Crippen LogP contribution is -2.27. The Labute approximate surface area is 119 Å². The van der Waals surface area contributed by atoms with Crippen molar-refractivity contribution in [3.63, 3.8) is 0 Å². The van der Waals surface area contributed by atoms with E-state index in [1.807, 2.05) is 0 Å². The van der Waals surface area contributed by atoms with Gasteiger partial charge in [0.1, 0.15) is 17.7 Å². The van der Waals surface area contributed by atoms with E-state index in [2.05, 4.69) is 15.2 Å². The van der Waals surface area contributed by atoms with Crippen LogP contribution in [-0.2, 0) is 6.54 Å². The summed E-state index contributed by atoms with van der Waals surface area (Å²) in [4.78, 5) is 29.6. The zero-order valence-corrected chi connectivity index (χ0v) is 11.2. The summed E-state index contributed by atoms with van der Waals surface area (Å²) in [5.74, 6) is 0.156. The number of para-hydroxylation sites is 1. The van der Waals surface area contributed by atoms with Gasteiger partial charge in [0.2, 0.25) is 0 Å². The number of aromatic amines is 1. The Bertz CT molecular complexity index is 839. The molecule has 7 nitrogen and oxygen atoms in total. The SMILES string of the molecule is CN(Cc1ncn[nH]1)C(=O)c1cc(=O)c2ccccc2o1. The van der Waals surface area contributed by atoms with Crippen molar-refractivity contribution in [1.82, 2.24) is 20.1 Å². The Balaban J connectivity index is 1.92. The molecular weight excluding hydrogens is 272 g/mol. The van der Waals surface area contributed by atoms with Crippen LogP contribution in [0.2, 0.25) is 0 Å². The van der Waals surface area contributed by atoms with E-state index in [4.69, 9.17) is 4.42 Å². The third-order valence-corrected chi connectivity index (χ3v) is 3.04. The van der Waals surface area contributed by atoms with Gasteiger partial charge in [-0.1, -0.05) is 12.1 Å². The molecule has 0 unspecified atom stereocenters. The summed E-state index contributed by atoms with van der Waals surface area (Å²) in [5, 5.41) is 6.83. The molecule has 1 amide bonds. The monoisotopic (exact) mass is 284 g/mol. The third kappa shape index (κ3) is 2.53. The molecule has 3 rings (SSSR count). The third-order valence-electron chi connectivity index (χ3n) is 3.04. The van der Waals surface area contributed by atoms with Gasteiger partial charge in [0.15, 0.2) is 11.2 Å². The molecule has 0 atom stereocenters. The average Bonchev–Trinajstić information content (AvgIpc) is 2.99. The minimum Gasteiger partial charge on any atom is -0.451 e. The molecule has 2 heterocycles. The van der Waals surface area contributed by atoms with E-state index in [1.54, 1.807) is 31.3 Å². The van der Waals surface area contributed by atoms with Crippen LogP contribution in [0.25, 0.3) is 11.0 Å². The quantitative estimate of drug-likeness (QED) is 0.779. The highest BCUT2D eigenvalue weighted by Crippen LogP contribution is 2.13. The van der Waals surface area contributed by atoms with Gasteiger partial charge in [-0.2, -0.15) is 5.10 Å². The number of H-pyrrole nitrogens is 1. The molecule has 0 radical (unpaired) electrons. The molecule has 0 aliphatic heterocycles. The Morgan fingerprint density at radius 1 is 1.38 bits per heavy atom. The van der Waals surface area contributed by atoms with Crippen LogP contribution in [-0.4, -0.2) is 33.0 Å². The number of hydrogen-bond acceptors (Lipinski definition) is 5. The molecule has 1 aromatic carbocycles. The van der Waals surface area contributed by atoms with Gasteiger partial charge >= 0.3 is 0 Å². The second kappa shape index (κ2) is 5.20. The number of nitrogens with one attached hydrogen (secondary N) is 1. The van der Waals surface area contributed by atoms with Crippen LogP contribution in [0.15, 0.2) is 45.9 Å². The zero-order valence-electron chi connectivity index (χ0n) is 11.2. The second-order valence-corrected chi connectivity index (χ2v) is 4.56. The molecule has 2 aromatic heterocycles. The van der Waals surface area contributed by atoms with Crippen molar-refractivity contribution in [3.8, 4) is 0 Å². The minimum absolute atomic E-state index is 0.000662. The molecule has 106 valence electrons. The Hall–Kier alpha value is -2.96. The van der Waals surface area contributed by atoms with E-state index in [-0.39, 0.29) is 17.7 Å². The van der Waals surface area contributed by atoms with E-state index in [0.717, 1.165) is 0 Å². The summed E-state index contributed by atoms with van der Waals surface area (Å²) in [7, 11) is 1.60. The summed E-state index contributed by atoms with van der Waals surface area (Å²) < 4.78 is 5.51. The van der Waals surface area contributed by atoms with Gasteiger partial charge in [-0.15, -0.1) is 0 Å². The standard InChI is InChI=1S/C14H12N4O3/c1-18(7-13-15-8-16-17-13)14(20)12-6-10(19)9-4-2-3-5-11(9)21-12/h2-6,8H,7H2,1H3,(H,15,16,17). The van der Waals surface area contributed by atoms with E-state index < -0.39 is 5.91 Å². The van der Waals surface area contributed by atoms with Crippen LogP contribution in [0.4, 0.5) is 0 Å². The Kier molecular flexibility index (Phi) is 3.23. The summed E-state index contributed by atoms with van der Waals surface area (Å²) in [5.41, 5.74) is 0.148. The lowest BCUT2D eigenvalue weighted by molar-refractivity contribution is 0.0750. The molecule has 1 N–H and O–H groups in total. The first-order valence-corrected chi connectivity index (χ1v) is 6.28. The maximum atomic E-state index is 12.3. The van der Waals surface area contributed by atoms with Crippen molar-refractivity contribution < 1.29 is 9.21 Å². The summed E-state index contributed by atoms with van der Waals surface area (Å²) in [6.45, 7) is 0.245. The molecule has 0 bridgehead atoms. The second-order valence-electron chi connectivity index (χ2n) is 4.56. The summed E-state index contributed by atoms with van der Waals surface area (Å²) >= 11 is 0. The first kappa shape index (κ1) is 13.0. The lowest BCUT2D eigenvalue weighted by atomic mass is 10.2. The number of benzene rings is 1. The fraction of sp³-hybridized carbons (Fsp3) is 0.143. The predicted molar refractivity (Wildman–Crippen MR) is 74.7 cm³/mol. The van der Waals surface area contributed by atoms with Gasteiger partial charge in [-0.05, 0) is 12.1 Å². The van der Waals surface area contributed by atoms with Gasteiger partial charge in [0.25, 0.3) is 5.91 Å². The maximum absolute atomic E-state index is 12.3. The van der Waals surface area contributed by atoms with Gasteiger partial charge in [-0.3, -0.25) is 14.7 Å². The fourth-order valence-corrected chi connectivity index (χ4v) is 2.00. The first-order chi connectivity index (χ1) is 10.1. The number of hydrogen-bond donors (Lipinski definition) is 1. The molecule has 0 aliphatic rings. The molecule has 3 aromatic rings. The van der Waals surface area contributed by atoms with Crippen molar-refractivity contribution in [3.05, 3.63) is 58.5 Å². The van der Waals surface area contributed by atoms with Crippen molar-refractivity contribution in [1.29, 1.82) is 0 Å². The molecule has 0 saturated heterocycles. The molecule has 0 aliphatic carbocycles. The fourth-order valence-electron chi connectivity index (χ4n) is 2.00. The van der Waals surface area contributed by atoms with Gasteiger partial charge in [0, 0.05) is 13.1 Å². The molecule has 0 spiro atoms. The first-order valence-electron chi connectivity index (χ1n) is 6.28. The number of amides is 1. The highest BCUT2D eigenvalue weighted by Gasteiger charge is 2.17. The summed E-state index contributed by atoms with van der Waals surface area (Å²) in [6, 6.07) is 8.02. The minimum atomic E-state index is -0.394. The topological polar surface area (TPSA) is 92.1 Å². The molecule has 0 fully saturated rings. The van der Waals surface area contributed by atoms with E-state index in [9.17, 15) is 9.59 Å². The summed E-state index contributed by atoms with van der Waals surface area (Å²) in [6.07, 6.45) is 1.36.